The van der Waals surface area contributed by atoms with Gasteiger partial charge in [-0.3, -0.25) is 4.79 Å². The van der Waals surface area contributed by atoms with Crippen LogP contribution in [-0.2, 0) is 6.54 Å². The topological polar surface area (TPSA) is 63.4 Å². The Balaban J connectivity index is 1.92. The van der Waals surface area contributed by atoms with E-state index in [-0.39, 0.29) is 11.7 Å². The molecule has 0 spiro atoms. The van der Waals surface area contributed by atoms with Gasteiger partial charge in [0.25, 0.3) is 11.7 Å². The van der Waals surface area contributed by atoms with E-state index in [2.05, 4.69) is 21.6 Å². The van der Waals surface area contributed by atoms with Crippen molar-refractivity contribution in [3.8, 4) is 0 Å². The number of aryl methyl sites for hydroxylation is 2. The average Bonchev–Trinajstić information content (AvgIpc) is 2.99. The molecule has 3 aromatic rings. The molecule has 0 bridgehead atoms. The normalized spacial score (nSPS) is 10.8. The van der Waals surface area contributed by atoms with E-state index >= 15 is 0 Å². The highest BCUT2D eigenvalue weighted by molar-refractivity contribution is 5.91. The highest BCUT2D eigenvalue weighted by atomic mass is 16.2. The van der Waals surface area contributed by atoms with E-state index in [0.29, 0.717) is 18.9 Å². The van der Waals surface area contributed by atoms with Gasteiger partial charge < -0.3 is 4.90 Å². The summed E-state index contributed by atoms with van der Waals surface area (Å²) in [5, 5.41) is 4.32. The second-order valence-electron chi connectivity index (χ2n) is 5.65. The Morgan fingerprint density at radius 1 is 1.25 bits per heavy atom. The van der Waals surface area contributed by atoms with Crippen LogP contribution in [0.15, 0.2) is 49.1 Å². The predicted molar refractivity (Wildman–Crippen MR) is 91.6 cm³/mol. The first-order valence-corrected chi connectivity index (χ1v) is 7.73. The maximum absolute atomic E-state index is 12.8. The number of carbonyl (C=O) groups excluding carboxylic acids is 1. The fourth-order valence-electron chi connectivity index (χ4n) is 2.58. The first-order valence-electron chi connectivity index (χ1n) is 7.73. The van der Waals surface area contributed by atoms with Crippen molar-refractivity contribution in [3.05, 3.63) is 71.8 Å². The highest BCUT2D eigenvalue weighted by Crippen LogP contribution is 2.10. The zero-order valence-electron chi connectivity index (χ0n) is 13.8. The standard InChI is InChI=1S/C18H19N5O/c1-4-10-22(12-15-8-6-5-7-9-15)17(24)16-20-18-19-13(2)11-14(3)23(18)21-16/h4-9,11H,1,10,12H2,2-3H3. The molecule has 2 aromatic heterocycles. The molecule has 0 radical (unpaired) electrons. The van der Waals surface area contributed by atoms with Gasteiger partial charge in [0.2, 0.25) is 5.82 Å². The number of aromatic nitrogens is 4. The molecular formula is C18H19N5O. The summed E-state index contributed by atoms with van der Waals surface area (Å²) in [6.45, 7) is 8.44. The maximum Gasteiger partial charge on any atom is 0.294 e. The minimum atomic E-state index is -0.235. The molecule has 0 atom stereocenters. The van der Waals surface area contributed by atoms with Gasteiger partial charge in [-0.2, -0.15) is 4.98 Å². The quantitative estimate of drug-likeness (QED) is 0.678. The number of benzene rings is 1. The molecule has 0 saturated heterocycles. The molecular weight excluding hydrogens is 302 g/mol. The first-order chi connectivity index (χ1) is 11.6. The van der Waals surface area contributed by atoms with Crippen molar-refractivity contribution in [1.82, 2.24) is 24.5 Å². The molecule has 6 heteroatoms. The van der Waals surface area contributed by atoms with Crippen molar-refractivity contribution in [2.75, 3.05) is 6.54 Å². The molecule has 6 nitrogen and oxygen atoms in total. The van der Waals surface area contributed by atoms with Crippen LogP contribution >= 0.6 is 0 Å². The summed E-state index contributed by atoms with van der Waals surface area (Å²) >= 11 is 0. The van der Waals surface area contributed by atoms with Crippen LogP contribution in [0.4, 0.5) is 0 Å². The summed E-state index contributed by atoms with van der Waals surface area (Å²) < 4.78 is 1.59. The largest absolute Gasteiger partial charge is 0.328 e. The van der Waals surface area contributed by atoms with Crippen LogP contribution in [0.25, 0.3) is 5.78 Å². The average molecular weight is 321 g/mol. The van der Waals surface area contributed by atoms with Crippen molar-refractivity contribution >= 4 is 11.7 Å². The Morgan fingerprint density at radius 3 is 2.71 bits per heavy atom. The Labute approximate surface area is 140 Å². The van der Waals surface area contributed by atoms with Crippen molar-refractivity contribution < 1.29 is 4.79 Å². The molecule has 24 heavy (non-hydrogen) atoms. The van der Waals surface area contributed by atoms with Crippen LogP contribution in [0.3, 0.4) is 0 Å². The van der Waals surface area contributed by atoms with Gasteiger partial charge in [-0.05, 0) is 25.5 Å². The lowest BCUT2D eigenvalue weighted by atomic mass is 10.2. The molecule has 0 unspecified atom stereocenters. The number of nitrogens with zero attached hydrogens (tertiary/aromatic N) is 5. The first kappa shape index (κ1) is 15.9. The van der Waals surface area contributed by atoms with Gasteiger partial charge >= 0.3 is 0 Å². The number of amides is 1. The molecule has 1 aromatic carbocycles. The van der Waals surface area contributed by atoms with Crippen LogP contribution in [0.2, 0.25) is 0 Å². The summed E-state index contributed by atoms with van der Waals surface area (Å²) in [4.78, 5) is 23.1. The lowest BCUT2D eigenvalue weighted by molar-refractivity contribution is 0.0750. The SMILES string of the molecule is C=CCN(Cc1ccccc1)C(=O)c1nc2nc(C)cc(C)n2n1. The fraction of sp³-hybridized carbons (Fsp3) is 0.222. The van der Waals surface area contributed by atoms with E-state index in [1.54, 1.807) is 15.5 Å². The van der Waals surface area contributed by atoms with E-state index in [1.807, 2.05) is 50.2 Å². The Bertz CT molecular complexity index is 885. The van der Waals surface area contributed by atoms with Crippen molar-refractivity contribution in [2.45, 2.75) is 20.4 Å². The molecule has 1 amide bonds. The Hall–Kier alpha value is -3.02. The number of carbonyl (C=O) groups is 1. The Morgan fingerprint density at radius 2 is 2.00 bits per heavy atom. The Kier molecular flexibility index (Phi) is 4.37. The monoisotopic (exact) mass is 321 g/mol. The van der Waals surface area contributed by atoms with Gasteiger partial charge in [0.1, 0.15) is 0 Å². The molecule has 0 N–H and O–H groups in total. The van der Waals surface area contributed by atoms with E-state index < -0.39 is 0 Å². The van der Waals surface area contributed by atoms with Crippen molar-refractivity contribution in [1.29, 1.82) is 0 Å². The van der Waals surface area contributed by atoms with Gasteiger partial charge in [0.15, 0.2) is 0 Å². The molecule has 0 fully saturated rings. The van der Waals surface area contributed by atoms with Crippen LogP contribution in [0.1, 0.15) is 27.6 Å². The zero-order chi connectivity index (χ0) is 17.1. The van der Waals surface area contributed by atoms with E-state index in [4.69, 9.17) is 0 Å². The lowest BCUT2D eigenvalue weighted by Gasteiger charge is -2.19. The second kappa shape index (κ2) is 6.62. The van der Waals surface area contributed by atoms with Gasteiger partial charge in [-0.15, -0.1) is 11.7 Å². The number of hydrogen-bond donors (Lipinski definition) is 0. The fourth-order valence-corrected chi connectivity index (χ4v) is 2.58. The van der Waals surface area contributed by atoms with E-state index in [0.717, 1.165) is 17.0 Å². The molecule has 0 aliphatic heterocycles. The number of fused-ring (bicyclic) bond motifs is 1. The molecule has 0 aliphatic rings. The number of rotatable bonds is 5. The van der Waals surface area contributed by atoms with Crippen molar-refractivity contribution in [2.24, 2.45) is 0 Å². The van der Waals surface area contributed by atoms with Gasteiger partial charge in [-0.1, -0.05) is 36.4 Å². The van der Waals surface area contributed by atoms with Crippen molar-refractivity contribution in [3.63, 3.8) is 0 Å². The van der Waals surface area contributed by atoms with Gasteiger partial charge in [0, 0.05) is 24.5 Å². The third-order valence-corrected chi connectivity index (χ3v) is 3.66. The van der Waals surface area contributed by atoms with Gasteiger partial charge in [0.05, 0.1) is 0 Å². The van der Waals surface area contributed by atoms with Crippen LogP contribution in [0, 0.1) is 13.8 Å². The van der Waals surface area contributed by atoms with E-state index in [9.17, 15) is 4.79 Å². The highest BCUT2D eigenvalue weighted by Gasteiger charge is 2.21. The minimum absolute atomic E-state index is 0.147. The lowest BCUT2D eigenvalue weighted by Crippen LogP contribution is -2.31. The maximum atomic E-state index is 12.8. The smallest absolute Gasteiger partial charge is 0.294 e. The van der Waals surface area contributed by atoms with Gasteiger partial charge in [-0.25, -0.2) is 9.50 Å². The third-order valence-electron chi connectivity index (χ3n) is 3.66. The summed E-state index contributed by atoms with van der Waals surface area (Å²) in [6, 6.07) is 11.7. The second-order valence-corrected chi connectivity index (χ2v) is 5.65. The van der Waals surface area contributed by atoms with E-state index in [1.165, 1.54) is 0 Å². The molecule has 2 heterocycles. The zero-order valence-corrected chi connectivity index (χ0v) is 13.8. The van der Waals surface area contributed by atoms with Crippen LogP contribution < -0.4 is 0 Å². The third kappa shape index (κ3) is 3.17. The summed E-state index contributed by atoms with van der Waals surface area (Å²) in [5.74, 6) is 0.351. The molecule has 0 saturated carbocycles. The van der Waals surface area contributed by atoms with Crippen LogP contribution in [-0.4, -0.2) is 36.9 Å². The molecule has 122 valence electrons. The minimum Gasteiger partial charge on any atom is -0.328 e. The molecule has 0 aliphatic carbocycles. The summed E-state index contributed by atoms with van der Waals surface area (Å²) in [5.41, 5.74) is 2.78. The van der Waals surface area contributed by atoms with Crippen LogP contribution in [0.5, 0.6) is 0 Å². The summed E-state index contributed by atoms with van der Waals surface area (Å²) in [6.07, 6.45) is 1.70. The molecule has 3 rings (SSSR count). The predicted octanol–water partition coefficient (Wildman–Crippen LogP) is 2.57. The summed E-state index contributed by atoms with van der Waals surface area (Å²) in [7, 11) is 0. The number of hydrogen-bond acceptors (Lipinski definition) is 4.